The SMILES string of the molecule is O=C(C[n+]1cccc2ccccc21)c1ccc(-c2ccccc2)cc1.[Br-]. The molecule has 0 atom stereocenters. The Morgan fingerprint density at radius 1 is 0.692 bits per heavy atom. The zero-order valence-corrected chi connectivity index (χ0v) is 15.8. The lowest BCUT2D eigenvalue weighted by molar-refractivity contribution is -0.657. The lowest BCUT2D eigenvalue weighted by Gasteiger charge is -2.04. The number of para-hydroxylation sites is 1. The predicted molar refractivity (Wildman–Crippen MR) is 100 cm³/mol. The van der Waals surface area contributed by atoms with E-state index in [1.165, 1.54) is 0 Å². The average Bonchev–Trinajstić information content (AvgIpc) is 2.69. The molecule has 4 aromatic rings. The largest absolute Gasteiger partial charge is 1.00 e. The molecule has 0 aliphatic carbocycles. The second-order valence-corrected chi connectivity index (χ2v) is 6.06. The number of rotatable bonds is 4. The minimum Gasteiger partial charge on any atom is -1.00 e. The molecular weight excluding hydrogens is 386 g/mol. The monoisotopic (exact) mass is 403 g/mol. The third-order valence-corrected chi connectivity index (χ3v) is 4.42. The first-order valence-electron chi connectivity index (χ1n) is 8.37. The Balaban J connectivity index is 0.00000196. The third-order valence-electron chi connectivity index (χ3n) is 4.42. The lowest BCUT2D eigenvalue weighted by atomic mass is 10.0. The van der Waals surface area contributed by atoms with Gasteiger partial charge < -0.3 is 17.0 Å². The zero-order chi connectivity index (χ0) is 17.1. The van der Waals surface area contributed by atoms with Gasteiger partial charge in [0.1, 0.15) is 0 Å². The lowest BCUT2D eigenvalue weighted by Crippen LogP contribution is -3.00. The summed E-state index contributed by atoms with van der Waals surface area (Å²) in [5, 5.41) is 1.14. The topological polar surface area (TPSA) is 20.9 Å². The van der Waals surface area contributed by atoms with Gasteiger partial charge in [-0.15, -0.1) is 0 Å². The van der Waals surface area contributed by atoms with Gasteiger partial charge in [0.15, 0.2) is 6.20 Å². The molecule has 3 aromatic carbocycles. The molecule has 1 heterocycles. The van der Waals surface area contributed by atoms with Crippen LogP contribution in [0.3, 0.4) is 0 Å². The fraction of sp³-hybridized carbons (Fsp3) is 0.0435. The number of nitrogens with zero attached hydrogens (tertiary/aromatic N) is 1. The highest BCUT2D eigenvalue weighted by atomic mass is 79.9. The van der Waals surface area contributed by atoms with Gasteiger partial charge in [0.2, 0.25) is 17.8 Å². The van der Waals surface area contributed by atoms with E-state index < -0.39 is 0 Å². The van der Waals surface area contributed by atoms with Crippen LogP contribution in [-0.4, -0.2) is 5.78 Å². The van der Waals surface area contributed by atoms with Gasteiger partial charge in [-0.3, -0.25) is 4.79 Å². The summed E-state index contributed by atoms with van der Waals surface area (Å²) >= 11 is 0. The van der Waals surface area contributed by atoms with Crippen LogP contribution in [0.4, 0.5) is 0 Å². The second kappa shape index (κ2) is 8.07. The van der Waals surface area contributed by atoms with E-state index in [1.54, 1.807) is 0 Å². The molecule has 0 aliphatic heterocycles. The van der Waals surface area contributed by atoms with Crippen LogP contribution in [-0.2, 0) is 6.54 Å². The highest BCUT2D eigenvalue weighted by Gasteiger charge is 2.15. The number of hydrogen-bond acceptors (Lipinski definition) is 1. The minimum atomic E-state index is 0. The van der Waals surface area contributed by atoms with Crippen LogP contribution in [0.5, 0.6) is 0 Å². The van der Waals surface area contributed by atoms with E-state index in [1.807, 2.05) is 77.5 Å². The molecule has 0 spiro atoms. The van der Waals surface area contributed by atoms with Crippen LogP contribution in [0.2, 0.25) is 0 Å². The first-order valence-corrected chi connectivity index (χ1v) is 8.37. The molecule has 26 heavy (non-hydrogen) atoms. The van der Waals surface area contributed by atoms with Crippen LogP contribution >= 0.6 is 0 Å². The van der Waals surface area contributed by atoms with Crippen LogP contribution in [0.15, 0.2) is 97.2 Å². The minimum absolute atomic E-state index is 0. The zero-order valence-electron chi connectivity index (χ0n) is 14.2. The van der Waals surface area contributed by atoms with Gasteiger partial charge in [0, 0.05) is 23.1 Å². The van der Waals surface area contributed by atoms with Gasteiger partial charge >= 0.3 is 0 Å². The number of hydrogen-bond donors (Lipinski definition) is 0. The van der Waals surface area contributed by atoms with Gasteiger partial charge in [-0.25, -0.2) is 0 Å². The van der Waals surface area contributed by atoms with E-state index in [4.69, 9.17) is 0 Å². The Bertz CT molecular complexity index is 1020. The summed E-state index contributed by atoms with van der Waals surface area (Å²) in [7, 11) is 0. The third kappa shape index (κ3) is 3.73. The molecule has 0 N–H and O–H groups in total. The average molecular weight is 404 g/mol. The normalized spacial score (nSPS) is 10.3. The number of carbonyl (C=O) groups is 1. The first-order chi connectivity index (χ1) is 12.3. The number of Topliss-reactive ketones (excluding diaryl/α,β-unsaturated/α-hetero) is 1. The van der Waals surface area contributed by atoms with Crippen molar-refractivity contribution in [2.75, 3.05) is 0 Å². The van der Waals surface area contributed by atoms with E-state index in [9.17, 15) is 4.79 Å². The molecule has 4 rings (SSSR count). The van der Waals surface area contributed by atoms with Crippen molar-refractivity contribution in [1.29, 1.82) is 0 Å². The maximum atomic E-state index is 12.7. The van der Waals surface area contributed by atoms with Gasteiger partial charge in [-0.05, 0) is 23.3 Å². The quantitative estimate of drug-likeness (QED) is 0.375. The second-order valence-electron chi connectivity index (χ2n) is 6.06. The Hall–Kier alpha value is -2.78. The maximum Gasteiger partial charge on any atom is 0.227 e. The van der Waals surface area contributed by atoms with Crippen LogP contribution in [0.25, 0.3) is 22.0 Å². The summed E-state index contributed by atoms with van der Waals surface area (Å²) < 4.78 is 2.00. The number of benzene rings is 3. The number of halogens is 1. The molecule has 0 radical (unpaired) electrons. The van der Waals surface area contributed by atoms with Crippen molar-refractivity contribution in [2.45, 2.75) is 6.54 Å². The van der Waals surface area contributed by atoms with Crippen molar-refractivity contribution in [3.63, 3.8) is 0 Å². The Kier molecular flexibility index (Phi) is 5.59. The molecule has 0 saturated carbocycles. The van der Waals surface area contributed by atoms with Crippen molar-refractivity contribution < 1.29 is 26.3 Å². The van der Waals surface area contributed by atoms with Gasteiger partial charge in [-0.1, -0.05) is 66.7 Å². The molecule has 0 bridgehead atoms. The standard InChI is InChI=1S/C23H18NO.BrH/c25-23(17-24-16-6-10-20-9-4-5-11-22(20)24)21-14-12-19(13-15-21)18-7-2-1-3-8-18;/h1-16H,17H2;1H/q+1;/p-1. The molecule has 1 aromatic heterocycles. The van der Waals surface area contributed by atoms with E-state index in [0.29, 0.717) is 6.54 Å². The maximum absolute atomic E-state index is 12.7. The highest BCUT2D eigenvalue weighted by Crippen LogP contribution is 2.19. The number of aromatic nitrogens is 1. The van der Waals surface area contributed by atoms with Gasteiger partial charge in [0.25, 0.3) is 0 Å². The number of pyridine rings is 1. The first kappa shape index (κ1) is 18.0. The molecule has 128 valence electrons. The van der Waals surface area contributed by atoms with E-state index in [0.717, 1.165) is 27.6 Å². The number of ketones is 1. The van der Waals surface area contributed by atoms with Crippen molar-refractivity contribution in [2.24, 2.45) is 0 Å². The summed E-state index contributed by atoms with van der Waals surface area (Å²) in [6.45, 7) is 0.339. The Morgan fingerprint density at radius 3 is 2.08 bits per heavy atom. The summed E-state index contributed by atoms with van der Waals surface area (Å²) in [5.41, 5.74) is 4.08. The Morgan fingerprint density at radius 2 is 1.31 bits per heavy atom. The molecule has 3 heteroatoms. The van der Waals surface area contributed by atoms with Crippen molar-refractivity contribution in [1.82, 2.24) is 0 Å². The smallest absolute Gasteiger partial charge is 0.227 e. The van der Waals surface area contributed by atoms with E-state index >= 15 is 0 Å². The van der Waals surface area contributed by atoms with Crippen LogP contribution in [0.1, 0.15) is 10.4 Å². The van der Waals surface area contributed by atoms with Crippen molar-refractivity contribution in [3.8, 4) is 11.1 Å². The van der Waals surface area contributed by atoms with Gasteiger partial charge in [-0.2, -0.15) is 4.57 Å². The predicted octanol–water partition coefficient (Wildman–Crippen LogP) is 1.68. The van der Waals surface area contributed by atoms with Crippen LogP contribution in [0, 0.1) is 0 Å². The van der Waals surface area contributed by atoms with E-state index in [-0.39, 0.29) is 22.8 Å². The number of carbonyl (C=O) groups excluding carboxylic acids is 1. The van der Waals surface area contributed by atoms with Crippen LogP contribution < -0.4 is 21.5 Å². The molecule has 0 unspecified atom stereocenters. The van der Waals surface area contributed by atoms with E-state index in [2.05, 4.69) is 24.3 Å². The summed E-state index contributed by atoms with van der Waals surface area (Å²) in [6.07, 6.45) is 1.96. The van der Waals surface area contributed by atoms with Gasteiger partial charge in [0.05, 0.1) is 0 Å². The molecular formula is C23H18BrNO. The van der Waals surface area contributed by atoms with Crippen molar-refractivity contribution in [3.05, 3.63) is 103 Å². The highest BCUT2D eigenvalue weighted by molar-refractivity contribution is 5.95. The molecule has 0 saturated heterocycles. The number of fused-ring (bicyclic) bond motifs is 1. The van der Waals surface area contributed by atoms with Crippen molar-refractivity contribution >= 4 is 16.7 Å². The Labute approximate surface area is 163 Å². The summed E-state index contributed by atoms with van der Waals surface area (Å²) in [5.74, 6) is 0.112. The summed E-state index contributed by atoms with van der Waals surface area (Å²) in [6, 6.07) is 30.2. The molecule has 0 aliphatic rings. The molecule has 2 nitrogen and oxygen atoms in total. The fourth-order valence-electron chi connectivity index (χ4n) is 3.08. The fourth-order valence-corrected chi connectivity index (χ4v) is 3.08. The molecule has 0 fully saturated rings. The molecule has 0 amide bonds. The summed E-state index contributed by atoms with van der Waals surface area (Å²) in [4.78, 5) is 12.7.